The molecule has 6 nitrogen and oxygen atoms in total. The fourth-order valence-electron chi connectivity index (χ4n) is 2.50. The molecule has 7 heteroatoms. The highest BCUT2D eigenvalue weighted by Crippen LogP contribution is 2.15. The van der Waals surface area contributed by atoms with Crippen LogP contribution in [0, 0.1) is 3.57 Å². The Morgan fingerprint density at radius 3 is 2.41 bits per heavy atom. The molecular formula is C22H18IN3O3. The lowest BCUT2D eigenvalue weighted by molar-refractivity contribution is 0.0953. The molecule has 2 amide bonds. The number of carbonyl (C=O) groups is 2. The average Bonchev–Trinajstić information content (AvgIpc) is 2.74. The molecule has 0 aromatic heterocycles. The second kappa shape index (κ2) is 9.83. The highest BCUT2D eigenvalue weighted by molar-refractivity contribution is 14.1. The number of halogens is 1. The lowest BCUT2D eigenvalue weighted by Gasteiger charge is -2.08. The van der Waals surface area contributed by atoms with Crippen molar-refractivity contribution in [2.45, 2.75) is 0 Å². The lowest BCUT2D eigenvalue weighted by atomic mass is 10.1. The van der Waals surface area contributed by atoms with Gasteiger partial charge in [-0.1, -0.05) is 18.2 Å². The van der Waals surface area contributed by atoms with Gasteiger partial charge in [-0.3, -0.25) is 9.59 Å². The monoisotopic (exact) mass is 499 g/mol. The van der Waals surface area contributed by atoms with E-state index >= 15 is 0 Å². The van der Waals surface area contributed by atoms with Crippen LogP contribution < -0.4 is 15.5 Å². The van der Waals surface area contributed by atoms with Gasteiger partial charge in [0.2, 0.25) is 0 Å². The summed E-state index contributed by atoms with van der Waals surface area (Å²) in [6, 6.07) is 21.2. The number of ether oxygens (including phenoxy) is 1. The number of methoxy groups -OCH3 is 1. The van der Waals surface area contributed by atoms with Crippen LogP contribution in [0.3, 0.4) is 0 Å². The van der Waals surface area contributed by atoms with Crippen LogP contribution in [0.1, 0.15) is 26.3 Å². The quantitative estimate of drug-likeness (QED) is 0.301. The molecule has 0 heterocycles. The first-order chi connectivity index (χ1) is 14.0. The molecule has 0 fully saturated rings. The van der Waals surface area contributed by atoms with Gasteiger partial charge in [-0.05, 0) is 82.8 Å². The minimum absolute atomic E-state index is 0.276. The summed E-state index contributed by atoms with van der Waals surface area (Å²) in [5, 5.41) is 6.77. The minimum atomic E-state index is -0.368. The zero-order chi connectivity index (χ0) is 20.6. The van der Waals surface area contributed by atoms with Crippen molar-refractivity contribution in [3.63, 3.8) is 0 Å². The summed E-state index contributed by atoms with van der Waals surface area (Å²) in [4.78, 5) is 24.7. The van der Waals surface area contributed by atoms with Crippen LogP contribution in [-0.4, -0.2) is 25.1 Å². The van der Waals surface area contributed by atoms with Crippen LogP contribution in [0.15, 0.2) is 77.9 Å². The van der Waals surface area contributed by atoms with E-state index in [9.17, 15) is 9.59 Å². The Morgan fingerprint density at radius 1 is 0.931 bits per heavy atom. The maximum atomic E-state index is 12.4. The second-order valence-corrected chi connectivity index (χ2v) is 7.26. The molecule has 0 bridgehead atoms. The molecule has 0 atom stereocenters. The van der Waals surface area contributed by atoms with E-state index in [1.54, 1.807) is 61.9 Å². The highest BCUT2D eigenvalue weighted by Gasteiger charge is 2.09. The Morgan fingerprint density at radius 2 is 1.69 bits per heavy atom. The van der Waals surface area contributed by atoms with Gasteiger partial charge in [0.05, 0.1) is 13.3 Å². The van der Waals surface area contributed by atoms with Crippen molar-refractivity contribution >= 4 is 46.3 Å². The third-order valence-corrected chi connectivity index (χ3v) is 4.63. The number of anilines is 1. The third-order valence-electron chi connectivity index (χ3n) is 3.96. The fourth-order valence-corrected chi connectivity index (χ4v) is 3.07. The van der Waals surface area contributed by atoms with Crippen LogP contribution in [-0.2, 0) is 0 Å². The molecule has 3 rings (SSSR count). The molecule has 0 unspecified atom stereocenters. The molecule has 0 saturated heterocycles. The van der Waals surface area contributed by atoms with Crippen molar-refractivity contribution in [1.82, 2.24) is 5.43 Å². The van der Waals surface area contributed by atoms with E-state index in [2.05, 4.69) is 38.4 Å². The largest absolute Gasteiger partial charge is 0.497 e. The Balaban J connectivity index is 1.63. The van der Waals surface area contributed by atoms with Gasteiger partial charge in [0, 0.05) is 20.4 Å². The van der Waals surface area contributed by atoms with Crippen LogP contribution in [0.25, 0.3) is 0 Å². The van der Waals surface area contributed by atoms with Crippen molar-refractivity contribution in [2.24, 2.45) is 5.10 Å². The standard InChI is InChI=1S/C22H18IN3O3/c1-29-20-10-8-16(9-11-20)21(27)25-19-7-3-5-17(13-19)22(28)26-24-14-15-4-2-6-18(23)12-15/h2-14H,1H3,(H,25,27)(H,26,28)/b24-14-. The first-order valence-corrected chi connectivity index (χ1v) is 9.77. The maximum Gasteiger partial charge on any atom is 0.271 e. The van der Waals surface area contributed by atoms with Gasteiger partial charge in [-0.15, -0.1) is 0 Å². The van der Waals surface area contributed by atoms with Gasteiger partial charge in [-0.2, -0.15) is 5.10 Å². The normalized spacial score (nSPS) is 10.6. The lowest BCUT2D eigenvalue weighted by Crippen LogP contribution is -2.18. The summed E-state index contributed by atoms with van der Waals surface area (Å²) in [6.07, 6.45) is 1.58. The van der Waals surface area contributed by atoms with Gasteiger partial charge in [0.1, 0.15) is 5.75 Å². The Kier molecular flexibility index (Phi) is 6.96. The first-order valence-electron chi connectivity index (χ1n) is 8.69. The highest BCUT2D eigenvalue weighted by atomic mass is 127. The molecule has 0 aliphatic rings. The maximum absolute atomic E-state index is 12.4. The molecule has 29 heavy (non-hydrogen) atoms. The van der Waals surface area contributed by atoms with Crippen molar-refractivity contribution in [2.75, 3.05) is 12.4 Å². The number of nitrogens with one attached hydrogen (secondary N) is 2. The molecule has 3 aromatic rings. The van der Waals surface area contributed by atoms with Crippen molar-refractivity contribution in [3.05, 3.63) is 93.1 Å². The SMILES string of the molecule is COc1ccc(C(=O)Nc2cccc(C(=O)N/N=C\c3cccc(I)c3)c2)cc1. The van der Waals surface area contributed by atoms with E-state index in [0.29, 0.717) is 22.6 Å². The molecule has 2 N–H and O–H groups in total. The fraction of sp³-hybridized carbons (Fsp3) is 0.0455. The summed E-state index contributed by atoms with van der Waals surface area (Å²) in [5.41, 5.74) is 4.77. The number of rotatable bonds is 6. The predicted molar refractivity (Wildman–Crippen MR) is 122 cm³/mol. The van der Waals surface area contributed by atoms with E-state index in [4.69, 9.17) is 4.74 Å². The number of amides is 2. The molecule has 0 aliphatic heterocycles. The zero-order valence-corrected chi connectivity index (χ0v) is 17.7. The smallest absolute Gasteiger partial charge is 0.271 e. The minimum Gasteiger partial charge on any atom is -0.497 e. The number of benzene rings is 3. The van der Waals surface area contributed by atoms with E-state index in [1.165, 1.54) is 0 Å². The van der Waals surface area contributed by atoms with E-state index in [0.717, 1.165) is 9.13 Å². The summed E-state index contributed by atoms with van der Waals surface area (Å²) in [5.74, 6) is 0.0281. The van der Waals surface area contributed by atoms with E-state index in [-0.39, 0.29) is 11.8 Å². The van der Waals surface area contributed by atoms with Crippen molar-refractivity contribution < 1.29 is 14.3 Å². The third kappa shape index (κ3) is 5.89. The zero-order valence-electron chi connectivity index (χ0n) is 15.6. The average molecular weight is 499 g/mol. The molecule has 0 spiro atoms. The van der Waals surface area contributed by atoms with Gasteiger partial charge in [0.25, 0.3) is 11.8 Å². The van der Waals surface area contributed by atoms with Crippen molar-refractivity contribution in [3.8, 4) is 5.75 Å². The van der Waals surface area contributed by atoms with Crippen LogP contribution >= 0.6 is 22.6 Å². The second-order valence-electron chi connectivity index (χ2n) is 6.02. The van der Waals surface area contributed by atoms with Crippen molar-refractivity contribution in [1.29, 1.82) is 0 Å². The molecular weight excluding hydrogens is 481 g/mol. The number of carbonyl (C=O) groups excluding carboxylic acids is 2. The predicted octanol–water partition coefficient (Wildman–Crippen LogP) is 4.32. The summed E-state index contributed by atoms with van der Waals surface area (Å²) < 4.78 is 6.17. The molecule has 146 valence electrons. The van der Waals surface area contributed by atoms with Gasteiger partial charge in [-0.25, -0.2) is 5.43 Å². The Labute approximate surface area is 182 Å². The topological polar surface area (TPSA) is 79.8 Å². The number of hydrazone groups is 1. The molecule has 0 radical (unpaired) electrons. The van der Waals surface area contributed by atoms with E-state index < -0.39 is 0 Å². The van der Waals surface area contributed by atoms with Crippen LogP contribution in [0.4, 0.5) is 5.69 Å². The summed E-state index contributed by atoms with van der Waals surface area (Å²) in [6.45, 7) is 0. The number of nitrogens with zero attached hydrogens (tertiary/aromatic N) is 1. The summed E-state index contributed by atoms with van der Waals surface area (Å²) >= 11 is 2.21. The number of hydrogen-bond donors (Lipinski definition) is 2. The van der Waals surface area contributed by atoms with E-state index in [1.807, 2.05) is 24.3 Å². The number of hydrogen-bond acceptors (Lipinski definition) is 4. The Hall–Kier alpha value is -3.20. The molecule has 0 aliphatic carbocycles. The van der Waals surface area contributed by atoms with Crippen LogP contribution in [0.2, 0.25) is 0 Å². The first kappa shape index (κ1) is 20.5. The summed E-state index contributed by atoms with van der Waals surface area (Å²) in [7, 11) is 1.57. The molecule has 3 aromatic carbocycles. The van der Waals surface area contributed by atoms with Gasteiger partial charge < -0.3 is 10.1 Å². The van der Waals surface area contributed by atoms with Gasteiger partial charge >= 0.3 is 0 Å². The van der Waals surface area contributed by atoms with Crippen LogP contribution in [0.5, 0.6) is 5.75 Å². The molecule has 0 saturated carbocycles. The van der Waals surface area contributed by atoms with Gasteiger partial charge in [0.15, 0.2) is 0 Å². The Bertz CT molecular complexity index is 1050.